The van der Waals surface area contributed by atoms with Crippen molar-refractivity contribution in [1.82, 2.24) is 15.2 Å². The molecule has 3 atom stereocenters. The van der Waals surface area contributed by atoms with Crippen molar-refractivity contribution in [1.29, 1.82) is 0 Å². The molecule has 0 saturated carbocycles. The van der Waals surface area contributed by atoms with E-state index in [0.717, 1.165) is 32.0 Å². The number of carbonyl (C=O) groups is 3. The number of hydrogen-bond donors (Lipinski definition) is 3. The molecule has 4 heterocycles. The largest absolute Gasteiger partial charge is 0.490 e. The third-order valence-electron chi connectivity index (χ3n) is 5.41. The van der Waals surface area contributed by atoms with Crippen LogP contribution in [-0.2, 0) is 20.9 Å². The summed E-state index contributed by atoms with van der Waals surface area (Å²) >= 11 is 0. The van der Waals surface area contributed by atoms with Crippen molar-refractivity contribution in [2.45, 2.75) is 25.0 Å². The fourth-order valence-corrected chi connectivity index (χ4v) is 3.67. The van der Waals surface area contributed by atoms with Crippen LogP contribution in [0.25, 0.3) is 0 Å². The normalized spacial score (nSPS) is 20.8. The number of carboxylic acids is 2. The Balaban J connectivity index is 0.000000301. The van der Waals surface area contributed by atoms with Crippen LogP contribution in [0.5, 0.6) is 0 Å². The third-order valence-corrected chi connectivity index (χ3v) is 5.41. The summed E-state index contributed by atoms with van der Waals surface area (Å²) in [4.78, 5) is 36.3. The van der Waals surface area contributed by atoms with Crippen LogP contribution in [0.2, 0.25) is 0 Å². The summed E-state index contributed by atoms with van der Waals surface area (Å²) in [6.07, 6.45) is -4.94. The number of halogens is 6. The van der Waals surface area contributed by atoms with Gasteiger partial charge in [-0.1, -0.05) is 0 Å². The number of aliphatic carboxylic acids is 2. The summed E-state index contributed by atoms with van der Waals surface area (Å²) in [6.45, 7) is 4.09. The van der Waals surface area contributed by atoms with E-state index in [1.807, 2.05) is 12.1 Å². The Kier molecular flexibility index (Phi) is 10.6. The summed E-state index contributed by atoms with van der Waals surface area (Å²) in [7, 11) is 0. The highest BCUT2D eigenvalue weighted by atomic mass is 19.4. The summed E-state index contributed by atoms with van der Waals surface area (Å²) in [5, 5.41) is 17.3. The number of furan rings is 1. The fraction of sp³-hybridized carbons (Fsp3) is 0.455. The number of carbonyl (C=O) groups excluding carboxylic acids is 1. The van der Waals surface area contributed by atoms with Crippen molar-refractivity contribution in [3.05, 3.63) is 54.2 Å². The maximum atomic E-state index is 12.2. The van der Waals surface area contributed by atoms with Gasteiger partial charge in [-0.25, -0.2) is 9.59 Å². The first-order chi connectivity index (χ1) is 17.7. The Morgan fingerprint density at radius 3 is 2.16 bits per heavy atom. The lowest BCUT2D eigenvalue weighted by Crippen LogP contribution is -2.34. The van der Waals surface area contributed by atoms with Crippen molar-refractivity contribution >= 4 is 17.8 Å². The minimum Gasteiger partial charge on any atom is -0.475 e. The van der Waals surface area contributed by atoms with Crippen LogP contribution >= 0.6 is 0 Å². The number of nitrogens with one attached hydrogen (secondary N) is 1. The van der Waals surface area contributed by atoms with Gasteiger partial charge in [0.2, 0.25) is 0 Å². The van der Waals surface area contributed by atoms with Crippen LogP contribution < -0.4 is 5.32 Å². The summed E-state index contributed by atoms with van der Waals surface area (Å²) < 4.78 is 74.8. The van der Waals surface area contributed by atoms with Crippen LogP contribution in [-0.4, -0.2) is 82.6 Å². The molecule has 0 radical (unpaired) electrons. The molecule has 2 fully saturated rings. The van der Waals surface area contributed by atoms with E-state index in [1.54, 1.807) is 30.8 Å². The van der Waals surface area contributed by atoms with Gasteiger partial charge in [0.1, 0.15) is 5.76 Å². The maximum absolute atomic E-state index is 12.2. The molecule has 0 spiro atoms. The molecule has 3 N–H and O–H groups in total. The number of alkyl halides is 6. The number of nitrogens with zero attached hydrogens (tertiary/aromatic N) is 2. The van der Waals surface area contributed by atoms with Crippen LogP contribution in [0.4, 0.5) is 26.3 Å². The Hall–Kier alpha value is -3.66. The van der Waals surface area contributed by atoms with E-state index in [9.17, 15) is 31.1 Å². The van der Waals surface area contributed by atoms with Gasteiger partial charge < -0.3 is 24.7 Å². The van der Waals surface area contributed by atoms with E-state index in [1.165, 1.54) is 0 Å². The molecule has 2 aromatic rings. The topological polar surface area (TPSA) is 142 Å². The van der Waals surface area contributed by atoms with Crippen LogP contribution in [0.15, 0.2) is 47.3 Å². The second kappa shape index (κ2) is 13.2. The van der Waals surface area contributed by atoms with Gasteiger partial charge in [0.15, 0.2) is 0 Å². The molecule has 2 aromatic heterocycles. The molecular formula is C22H23F6N3O7. The standard InChI is InChI=1S/C18H21N3O3.2C2HF3O2/c22-18(13-3-1-5-19-7-13)20-8-14-12-24-17-11-21(10-16(14)17)9-15-4-2-6-23-15;2*3-2(4,5)1(6)7/h1-7,14,16-17H,8-12H2,(H,20,22);2*(H,6,7)/t14-,16-,17-;;/m1../s1. The Bertz CT molecular complexity index is 1020. The summed E-state index contributed by atoms with van der Waals surface area (Å²) in [5.74, 6) is -3.78. The van der Waals surface area contributed by atoms with E-state index in [4.69, 9.17) is 29.0 Å². The highest BCUT2D eigenvalue weighted by molar-refractivity contribution is 5.93. The molecule has 16 heteroatoms. The molecule has 1 amide bonds. The molecule has 38 heavy (non-hydrogen) atoms. The quantitative estimate of drug-likeness (QED) is 0.475. The number of carboxylic acid groups (broad SMARTS) is 2. The summed E-state index contributed by atoms with van der Waals surface area (Å²) in [5.41, 5.74) is 0.596. The number of ether oxygens (including phenoxy) is 1. The number of amides is 1. The lowest BCUT2D eigenvalue weighted by molar-refractivity contribution is -0.193. The molecule has 10 nitrogen and oxygen atoms in total. The molecule has 210 valence electrons. The third kappa shape index (κ3) is 9.66. The lowest BCUT2D eigenvalue weighted by atomic mass is 9.93. The lowest BCUT2D eigenvalue weighted by Gasteiger charge is -2.19. The summed E-state index contributed by atoms with van der Waals surface area (Å²) in [6, 6.07) is 7.46. The van der Waals surface area contributed by atoms with E-state index < -0.39 is 24.3 Å². The molecule has 0 aromatic carbocycles. The average molecular weight is 555 g/mol. The Morgan fingerprint density at radius 1 is 1.03 bits per heavy atom. The molecule has 0 unspecified atom stereocenters. The first-order valence-corrected chi connectivity index (χ1v) is 10.8. The first-order valence-electron chi connectivity index (χ1n) is 10.8. The van der Waals surface area contributed by atoms with E-state index in [0.29, 0.717) is 23.9 Å². The van der Waals surface area contributed by atoms with Crippen molar-refractivity contribution < 1.29 is 60.1 Å². The van der Waals surface area contributed by atoms with Crippen molar-refractivity contribution in [3.63, 3.8) is 0 Å². The van der Waals surface area contributed by atoms with E-state index >= 15 is 0 Å². The van der Waals surface area contributed by atoms with Gasteiger partial charge >= 0.3 is 24.3 Å². The van der Waals surface area contributed by atoms with Gasteiger partial charge in [-0.15, -0.1) is 0 Å². The number of rotatable bonds is 5. The number of aromatic nitrogens is 1. The zero-order chi connectivity index (χ0) is 28.5. The predicted octanol–water partition coefficient (Wildman–Crippen LogP) is 2.82. The Morgan fingerprint density at radius 2 is 1.66 bits per heavy atom. The zero-order valence-electron chi connectivity index (χ0n) is 19.4. The van der Waals surface area contributed by atoms with Gasteiger partial charge in [-0.3, -0.25) is 14.7 Å². The van der Waals surface area contributed by atoms with Crippen LogP contribution in [0.3, 0.4) is 0 Å². The van der Waals surface area contributed by atoms with Gasteiger partial charge in [0.05, 0.1) is 31.1 Å². The minimum atomic E-state index is -5.08. The van der Waals surface area contributed by atoms with Gasteiger partial charge in [-0.05, 0) is 24.3 Å². The Labute approximate surface area is 211 Å². The molecule has 2 aliphatic rings. The predicted molar refractivity (Wildman–Crippen MR) is 115 cm³/mol. The number of likely N-dealkylation sites (tertiary alicyclic amines) is 1. The molecule has 0 bridgehead atoms. The highest BCUT2D eigenvalue weighted by Gasteiger charge is 2.44. The minimum absolute atomic E-state index is 0.0722. The molecule has 2 aliphatic heterocycles. The van der Waals surface area contributed by atoms with E-state index in [2.05, 4.69) is 15.2 Å². The molecule has 4 rings (SSSR count). The first kappa shape index (κ1) is 30.6. The number of pyridine rings is 1. The second-order valence-corrected chi connectivity index (χ2v) is 8.13. The molecule has 0 aliphatic carbocycles. The highest BCUT2D eigenvalue weighted by Crippen LogP contribution is 2.34. The monoisotopic (exact) mass is 555 g/mol. The SMILES string of the molecule is O=C(NC[C@@H]1CO[C@@H]2CN(Cc3ccco3)C[C@H]12)c1cccnc1.O=C(O)C(F)(F)F.O=C(O)C(F)(F)F. The van der Waals surface area contributed by atoms with Crippen LogP contribution in [0, 0.1) is 11.8 Å². The second-order valence-electron chi connectivity index (χ2n) is 8.13. The van der Waals surface area contributed by atoms with Crippen molar-refractivity contribution in [3.8, 4) is 0 Å². The van der Waals surface area contributed by atoms with Gasteiger partial charge in [0.25, 0.3) is 5.91 Å². The smallest absolute Gasteiger partial charge is 0.475 e. The maximum Gasteiger partial charge on any atom is 0.490 e. The van der Waals surface area contributed by atoms with Gasteiger partial charge in [-0.2, -0.15) is 26.3 Å². The van der Waals surface area contributed by atoms with Gasteiger partial charge in [0, 0.05) is 43.9 Å². The van der Waals surface area contributed by atoms with Crippen molar-refractivity contribution in [2.75, 3.05) is 26.2 Å². The molecule has 2 saturated heterocycles. The fourth-order valence-electron chi connectivity index (χ4n) is 3.67. The van der Waals surface area contributed by atoms with Crippen molar-refractivity contribution in [2.24, 2.45) is 11.8 Å². The number of fused-ring (bicyclic) bond motifs is 1. The van der Waals surface area contributed by atoms with Crippen LogP contribution in [0.1, 0.15) is 16.1 Å². The number of hydrogen-bond acceptors (Lipinski definition) is 7. The zero-order valence-corrected chi connectivity index (χ0v) is 19.4. The molecular weight excluding hydrogens is 532 g/mol. The van der Waals surface area contributed by atoms with E-state index in [-0.39, 0.29) is 12.0 Å². The average Bonchev–Trinajstić information content (AvgIpc) is 3.56.